The fourth-order valence-electron chi connectivity index (χ4n) is 1.86. The molecule has 0 aliphatic carbocycles. The quantitative estimate of drug-likeness (QED) is 0.830. The maximum absolute atomic E-state index is 11.9. The van der Waals surface area contributed by atoms with Crippen LogP contribution in [0.4, 0.5) is 5.69 Å². The third kappa shape index (κ3) is 4.46. The van der Waals surface area contributed by atoms with Gasteiger partial charge in [0.2, 0.25) is 0 Å². The second kappa shape index (κ2) is 7.48. The molecule has 2 aromatic rings. The van der Waals surface area contributed by atoms with Gasteiger partial charge in [-0.2, -0.15) is 0 Å². The summed E-state index contributed by atoms with van der Waals surface area (Å²) in [5.41, 5.74) is 1.27. The maximum Gasteiger partial charge on any atom is 0.348 e. The highest BCUT2D eigenvalue weighted by molar-refractivity contribution is 7.13. The van der Waals surface area contributed by atoms with Crippen molar-refractivity contribution in [1.29, 1.82) is 0 Å². The van der Waals surface area contributed by atoms with Crippen molar-refractivity contribution in [3.8, 4) is 5.75 Å². The molecule has 5 nitrogen and oxygen atoms in total. The van der Waals surface area contributed by atoms with Crippen molar-refractivity contribution >= 4 is 40.5 Å². The first-order valence-electron chi connectivity index (χ1n) is 6.78. The van der Waals surface area contributed by atoms with Gasteiger partial charge in [-0.1, -0.05) is 11.6 Å². The molecule has 0 saturated carbocycles. The van der Waals surface area contributed by atoms with Gasteiger partial charge >= 0.3 is 5.97 Å². The monoisotopic (exact) mass is 353 g/mol. The van der Waals surface area contributed by atoms with E-state index in [9.17, 15) is 9.59 Å². The van der Waals surface area contributed by atoms with Gasteiger partial charge in [0.1, 0.15) is 10.6 Å². The second-order valence-electron chi connectivity index (χ2n) is 4.84. The number of nitrogens with one attached hydrogen (secondary N) is 1. The van der Waals surface area contributed by atoms with Crippen LogP contribution < -0.4 is 10.1 Å². The molecule has 0 fully saturated rings. The van der Waals surface area contributed by atoms with E-state index in [1.165, 1.54) is 18.4 Å². The molecular formula is C16H16ClNO4S. The average molecular weight is 354 g/mol. The predicted octanol–water partition coefficient (Wildman–Crippen LogP) is 3.82. The molecule has 0 aliphatic heterocycles. The SMILES string of the molecule is COc1cc(Cl)c(C)cc1NC(=O)COC(=O)c1ccc(C)s1. The molecule has 1 aromatic heterocycles. The number of rotatable bonds is 5. The molecule has 0 atom stereocenters. The fourth-order valence-corrected chi connectivity index (χ4v) is 2.78. The van der Waals surface area contributed by atoms with Crippen LogP contribution in [0.3, 0.4) is 0 Å². The molecule has 1 N–H and O–H groups in total. The molecule has 122 valence electrons. The second-order valence-corrected chi connectivity index (χ2v) is 6.53. The fraction of sp³-hybridized carbons (Fsp3) is 0.250. The van der Waals surface area contributed by atoms with Crippen LogP contribution in [0.15, 0.2) is 24.3 Å². The van der Waals surface area contributed by atoms with E-state index in [1.807, 2.05) is 19.9 Å². The van der Waals surface area contributed by atoms with E-state index >= 15 is 0 Å². The van der Waals surface area contributed by atoms with Crippen molar-refractivity contribution < 1.29 is 19.1 Å². The largest absolute Gasteiger partial charge is 0.495 e. The van der Waals surface area contributed by atoms with Gasteiger partial charge in [-0.25, -0.2) is 4.79 Å². The molecular weight excluding hydrogens is 338 g/mol. The number of benzene rings is 1. The molecule has 2 rings (SSSR count). The highest BCUT2D eigenvalue weighted by Crippen LogP contribution is 2.30. The maximum atomic E-state index is 11.9. The zero-order valence-corrected chi connectivity index (χ0v) is 14.5. The van der Waals surface area contributed by atoms with Crippen LogP contribution in [0.1, 0.15) is 20.1 Å². The number of thiophene rings is 1. The molecule has 23 heavy (non-hydrogen) atoms. The third-order valence-electron chi connectivity index (χ3n) is 3.03. The molecule has 1 aromatic carbocycles. The van der Waals surface area contributed by atoms with Crippen molar-refractivity contribution in [2.45, 2.75) is 13.8 Å². The number of halogens is 1. The number of carbonyl (C=O) groups excluding carboxylic acids is 2. The smallest absolute Gasteiger partial charge is 0.348 e. The van der Waals surface area contributed by atoms with E-state index in [2.05, 4.69) is 5.32 Å². The number of carbonyl (C=O) groups is 2. The van der Waals surface area contributed by atoms with Gasteiger partial charge in [-0.15, -0.1) is 11.3 Å². The Labute approximate surface area is 143 Å². The van der Waals surface area contributed by atoms with Crippen LogP contribution in [-0.4, -0.2) is 25.6 Å². The van der Waals surface area contributed by atoms with Crippen molar-refractivity contribution in [2.75, 3.05) is 19.0 Å². The van der Waals surface area contributed by atoms with E-state index in [4.69, 9.17) is 21.1 Å². The van der Waals surface area contributed by atoms with Gasteiger partial charge in [0.25, 0.3) is 5.91 Å². The molecule has 0 unspecified atom stereocenters. The highest BCUT2D eigenvalue weighted by Gasteiger charge is 2.14. The Balaban J connectivity index is 1.97. The Bertz CT molecular complexity index is 742. The van der Waals surface area contributed by atoms with E-state index in [-0.39, 0.29) is 6.61 Å². The molecule has 0 saturated heterocycles. The summed E-state index contributed by atoms with van der Waals surface area (Å²) in [5, 5.41) is 3.19. The van der Waals surface area contributed by atoms with Gasteiger partial charge in [-0.3, -0.25) is 4.79 Å². The summed E-state index contributed by atoms with van der Waals surface area (Å²) >= 11 is 7.33. The molecule has 0 aliphatic rings. The minimum absolute atomic E-state index is 0.374. The van der Waals surface area contributed by atoms with E-state index in [1.54, 1.807) is 18.2 Å². The van der Waals surface area contributed by atoms with Crippen LogP contribution in [-0.2, 0) is 9.53 Å². The van der Waals surface area contributed by atoms with Gasteiger partial charge in [0.15, 0.2) is 6.61 Å². The summed E-state index contributed by atoms with van der Waals surface area (Å²) in [6.07, 6.45) is 0. The summed E-state index contributed by atoms with van der Waals surface area (Å²) in [4.78, 5) is 25.2. The van der Waals surface area contributed by atoms with Crippen LogP contribution in [0, 0.1) is 13.8 Å². The number of amides is 1. The lowest BCUT2D eigenvalue weighted by Gasteiger charge is -2.12. The molecule has 0 spiro atoms. The van der Waals surface area contributed by atoms with Gasteiger partial charge < -0.3 is 14.8 Å². The van der Waals surface area contributed by atoms with Crippen molar-refractivity contribution in [1.82, 2.24) is 0 Å². The first-order valence-corrected chi connectivity index (χ1v) is 7.97. The Kier molecular flexibility index (Phi) is 5.63. The van der Waals surface area contributed by atoms with Crippen LogP contribution in [0.25, 0.3) is 0 Å². The summed E-state index contributed by atoms with van der Waals surface area (Å²) in [6.45, 7) is 3.33. The number of methoxy groups -OCH3 is 1. The van der Waals surface area contributed by atoms with Gasteiger partial charge in [0.05, 0.1) is 12.8 Å². The normalized spacial score (nSPS) is 10.3. The number of esters is 1. The summed E-state index contributed by atoms with van der Waals surface area (Å²) in [5.74, 6) is -0.529. The lowest BCUT2D eigenvalue weighted by Crippen LogP contribution is -2.21. The molecule has 0 bridgehead atoms. The van der Waals surface area contributed by atoms with Gasteiger partial charge in [-0.05, 0) is 37.6 Å². The first kappa shape index (κ1) is 17.3. The van der Waals surface area contributed by atoms with Gasteiger partial charge in [0, 0.05) is 16.0 Å². The van der Waals surface area contributed by atoms with Crippen molar-refractivity contribution in [3.63, 3.8) is 0 Å². The van der Waals surface area contributed by atoms with Crippen LogP contribution in [0.2, 0.25) is 5.02 Å². The number of ether oxygens (including phenoxy) is 2. The zero-order valence-electron chi connectivity index (χ0n) is 12.9. The molecule has 7 heteroatoms. The third-order valence-corrected chi connectivity index (χ3v) is 4.42. The first-order chi connectivity index (χ1) is 10.9. The Morgan fingerprint density at radius 3 is 2.61 bits per heavy atom. The Morgan fingerprint density at radius 2 is 2.00 bits per heavy atom. The van der Waals surface area contributed by atoms with E-state index in [0.717, 1.165) is 10.4 Å². The average Bonchev–Trinajstić information content (AvgIpc) is 2.95. The highest BCUT2D eigenvalue weighted by atomic mass is 35.5. The van der Waals surface area contributed by atoms with Crippen LogP contribution in [0.5, 0.6) is 5.75 Å². The summed E-state index contributed by atoms with van der Waals surface area (Å²) < 4.78 is 10.2. The lowest BCUT2D eigenvalue weighted by molar-refractivity contribution is -0.119. The summed E-state index contributed by atoms with van der Waals surface area (Å²) in [6, 6.07) is 6.81. The van der Waals surface area contributed by atoms with Crippen molar-refractivity contribution in [2.24, 2.45) is 0 Å². The Hall–Kier alpha value is -2.05. The lowest BCUT2D eigenvalue weighted by atomic mass is 10.2. The summed E-state index contributed by atoms with van der Waals surface area (Å²) in [7, 11) is 1.48. The Morgan fingerprint density at radius 1 is 1.26 bits per heavy atom. The minimum atomic E-state index is -0.516. The molecule has 1 amide bonds. The standard InChI is InChI=1S/C16H16ClNO4S/c1-9-6-12(13(21-3)7-11(9)17)18-15(19)8-22-16(20)14-5-4-10(2)23-14/h4-7H,8H2,1-3H3,(H,18,19). The molecule has 0 radical (unpaired) electrons. The van der Waals surface area contributed by atoms with E-state index < -0.39 is 11.9 Å². The number of hydrogen-bond donors (Lipinski definition) is 1. The minimum Gasteiger partial charge on any atom is -0.495 e. The zero-order chi connectivity index (χ0) is 17.0. The molecule has 1 heterocycles. The van der Waals surface area contributed by atoms with Crippen LogP contribution >= 0.6 is 22.9 Å². The predicted molar refractivity (Wildman–Crippen MR) is 90.7 cm³/mol. The van der Waals surface area contributed by atoms with E-state index in [0.29, 0.717) is 21.3 Å². The number of aryl methyl sites for hydroxylation is 2. The number of anilines is 1. The number of hydrogen-bond acceptors (Lipinski definition) is 5. The van der Waals surface area contributed by atoms with Crippen molar-refractivity contribution in [3.05, 3.63) is 44.6 Å². The topological polar surface area (TPSA) is 64.6 Å².